The van der Waals surface area contributed by atoms with Gasteiger partial charge in [-0.2, -0.15) is 0 Å². The van der Waals surface area contributed by atoms with E-state index in [1.165, 1.54) is 5.56 Å². The number of rotatable bonds is 2. The van der Waals surface area contributed by atoms with Crippen LogP contribution in [0.4, 0.5) is 5.95 Å². The molecule has 2 aromatic rings. The maximum Gasteiger partial charge on any atom is 0.229 e. The van der Waals surface area contributed by atoms with E-state index in [9.17, 15) is 0 Å². The Morgan fingerprint density at radius 2 is 1.94 bits per heavy atom. The quantitative estimate of drug-likeness (QED) is 0.792. The third-order valence-corrected chi connectivity index (χ3v) is 2.34. The predicted molar refractivity (Wildman–Crippen MR) is 72.6 cm³/mol. The van der Waals surface area contributed by atoms with Crippen LogP contribution in [-0.4, -0.2) is 15.1 Å². The molecule has 0 radical (unpaired) electrons. The fourth-order valence-electron chi connectivity index (χ4n) is 1.41. The summed E-state index contributed by atoms with van der Waals surface area (Å²) in [7, 11) is 0. The van der Waals surface area contributed by atoms with Crippen molar-refractivity contribution in [3.8, 4) is 11.3 Å². The van der Waals surface area contributed by atoms with Gasteiger partial charge in [0.1, 0.15) is 0 Å². The molecule has 0 amide bonds. The second-order valence-electron chi connectivity index (χ2n) is 3.62. The maximum absolute atomic E-state index is 5.37. The predicted octanol–water partition coefficient (Wildman–Crippen LogP) is 2.11. The van der Waals surface area contributed by atoms with Crippen molar-refractivity contribution in [1.29, 1.82) is 0 Å². The van der Waals surface area contributed by atoms with E-state index in [-0.39, 0.29) is 5.11 Å². The Hall–Kier alpha value is -2.01. The lowest BCUT2D eigenvalue weighted by atomic mass is 10.1. The molecule has 0 aliphatic rings. The van der Waals surface area contributed by atoms with Crippen LogP contribution in [0.1, 0.15) is 5.56 Å². The molecule has 5 heteroatoms. The SMILES string of the molecule is Cc1ccc(-c2ccnc(NC(N)=S)n2)cc1. The molecule has 0 aliphatic carbocycles. The highest BCUT2D eigenvalue weighted by Crippen LogP contribution is 2.17. The maximum atomic E-state index is 5.37. The highest BCUT2D eigenvalue weighted by molar-refractivity contribution is 7.80. The van der Waals surface area contributed by atoms with Crippen LogP contribution in [0.15, 0.2) is 36.5 Å². The van der Waals surface area contributed by atoms with E-state index in [0.29, 0.717) is 5.95 Å². The molecule has 0 bridgehead atoms. The smallest absolute Gasteiger partial charge is 0.229 e. The van der Waals surface area contributed by atoms with Gasteiger partial charge in [0.2, 0.25) is 5.95 Å². The summed E-state index contributed by atoms with van der Waals surface area (Å²) in [5.74, 6) is 0.413. The van der Waals surface area contributed by atoms with Crippen molar-refractivity contribution in [3.63, 3.8) is 0 Å². The van der Waals surface area contributed by atoms with E-state index >= 15 is 0 Å². The summed E-state index contributed by atoms with van der Waals surface area (Å²) in [5.41, 5.74) is 8.45. The van der Waals surface area contributed by atoms with Crippen molar-refractivity contribution in [1.82, 2.24) is 9.97 Å². The second kappa shape index (κ2) is 4.88. The molecule has 1 aromatic heterocycles. The van der Waals surface area contributed by atoms with Gasteiger partial charge in [-0.25, -0.2) is 9.97 Å². The van der Waals surface area contributed by atoms with Crippen molar-refractivity contribution >= 4 is 23.3 Å². The minimum Gasteiger partial charge on any atom is -0.376 e. The number of aryl methyl sites for hydroxylation is 1. The molecule has 1 aromatic carbocycles. The molecule has 0 aliphatic heterocycles. The van der Waals surface area contributed by atoms with Crippen LogP contribution in [0.3, 0.4) is 0 Å². The average Bonchev–Trinajstić information content (AvgIpc) is 2.29. The van der Waals surface area contributed by atoms with Gasteiger partial charge < -0.3 is 11.1 Å². The Kier molecular flexibility index (Phi) is 3.30. The molecular weight excluding hydrogens is 232 g/mol. The molecule has 1 heterocycles. The van der Waals surface area contributed by atoms with Crippen LogP contribution >= 0.6 is 12.2 Å². The molecule has 86 valence electrons. The van der Waals surface area contributed by atoms with Crippen LogP contribution in [0.2, 0.25) is 0 Å². The van der Waals surface area contributed by atoms with Crippen molar-refractivity contribution in [2.75, 3.05) is 5.32 Å². The van der Waals surface area contributed by atoms with E-state index in [1.807, 2.05) is 37.3 Å². The van der Waals surface area contributed by atoms with Gasteiger partial charge in [-0.15, -0.1) is 0 Å². The minimum absolute atomic E-state index is 0.158. The van der Waals surface area contributed by atoms with Gasteiger partial charge in [0, 0.05) is 11.8 Å². The summed E-state index contributed by atoms with van der Waals surface area (Å²) in [6.07, 6.45) is 1.67. The van der Waals surface area contributed by atoms with Crippen LogP contribution in [0, 0.1) is 6.92 Å². The monoisotopic (exact) mass is 244 g/mol. The van der Waals surface area contributed by atoms with Crippen molar-refractivity contribution in [3.05, 3.63) is 42.1 Å². The first-order valence-corrected chi connectivity index (χ1v) is 5.52. The first-order valence-electron chi connectivity index (χ1n) is 5.12. The molecular formula is C12H12N4S. The summed E-state index contributed by atoms with van der Waals surface area (Å²) < 4.78 is 0. The Morgan fingerprint density at radius 1 is 1.24 bits per heavy atom. The highest BCUT2D eigenvalue weighted by atomic mass is 32.1. The zero-order chi connectivity index (χ0) is 12.3. The van der Waals surface area contributed by atoms with Crippen molar-refractivity contribution in [2.45, 2.75) is 6.92 Å². The van der Waals surface area contributed by atoms with E-state index in [2.05, 4.69) is 15.3 Å². The number of thiocarbonyl (C=S) groups is 1. The van der Waals surface area contributed by atoms with Gasteiger partial charge >= 0.3 is 0 Å². The number of benzene rings is 1. The van der Waals surface area contributed by atoms with Gasteiger partial charge in [-0.1, -0.05) is 29.8 Å². The number of aromatic nitrogens is 2. The lowest BCUT2D eigenvalue weighted by Crippen LogP contribution is -2.20. The van der Waals surface area contributed by atoms with Gasteiger partial charge in [-0.3, -0.25) is 0 Å². The van der Waals surface area contributed by atoms with Crippen LogP contribution in [-0.2, 0) is 0 Å². The zero-order valence-electron chi connectivity index (χ0n) is 9.34. The zero-order valence-corrected chi connectivity index (χ0v) is 10.2. The van der Waals surface area contributed by atoms with E-state index in [1.54, 1.807) is 6.20 Å². The Bertz CT molecular complexity index is 536. The summed E-state index contributed by atoms with van der Waals surface area (Å²) in [6.45, 7) is 2.05. The molecule has 0 saturated heterocycles. The molecule has 3 N–H and O–H groups in total. The molecule has 0 unspecified atom stereocenters. The number of nitrogens with two attached hydrogens (primary N) is 1. The topological polar surface area (TPSA) is 63.8 Å². The average molecular weight is 244 g/mol. The third-order valence-electron chi connectivity index (χ3n) is 2.24. The molecule has 4 nitrogen and oxygen atoms in total. The summed E-state index contributed by atoms with van der Waals surface area (Å²) in [4.78, 5) is 8.36. The molecule has 0 saturated carbocycles. The number of nitrogens with one attached hydrogen (secondary N) is 1. The number of anilines is 1. The van der Waals surface area contributed by atoms with E-state index < -0.39 is 0 Å². The molecule has 0 atom stereocenters. The van der Waals surface area contributed by atoms with Crippen molar-refractivity contribution < 1.29 is 0 Å². The second-order valence-corrected chi connectivity index (χ2v) is 4.06. The summed E-state index contributed by atoms with van der Waals surface area (Å²) >= 11 is 4.74. The van der Waals surface area contributed by atoms with Gasteiger partial charge in [0.25, 0.3) is 0 Å². The van der Waals surface area contributed by atoms with E-state index in [4.69, 9.17) is 18.0 Å². The third kappa shape index (κ3) is 2.98. The number of hydrogen-bond acceptors (Lipinski definition) is 3. The summed E-state index contributed by atoms with van der Waals surface area (Å²) in [5, 5.41) is 2.87. The molecule has 2 rings (SSSR count). The number of nitrogens with zero attached hydrogens (tertiary/aromatic N) is 2. The fraction of sp³-hybridized carbons (Fsp3) is 0.0833. The lowest BCUT2D eigenvalue weighted by Gasteiger charge is -2.05. The first-order chi connectivity index (χ1) is 8.15. The normalized spacial score (nSPS) is 9.94. The number of hydrogen-bond donors (Lipinski definition) is 2. The highest BCUT2D eigenvalue weighted by Gasteiger charge is 2.02. The van der Waals surface area contributed by atoms with Gasteiger partial charge in [0.05, 0.1) is 5.69 Å². The fourth-order valence-corrected chi connectivity index (χ4v) is 1.51. The Labute approximate surface area is 105 Å². The van der Waals surface area contributed by atoms with Crippen LogP contribution < -0.4 is 11.1 Å². The van der Waals surface area contributed by atoms with Crippen molar-refractivity contribution in [2.24, 2.45) is 5.73 Å². The Balaban J connectivity index is 2.32. The van der Waals surface area contributed by atoms with Gasteiger partial charge in [-0.05, 0) is 25.2 Å². The first kappa shape index (κ1) is 11.5. The molecule has 17 heavy (non-hydrogen) atoms. The minimum atomic E-state index is 0.158. The van der Waals surface area contributed by atoms with Gasteiger partial charge in [0.15, 0.2) is 5.11 Å². The largest absolute Gasteiger partial charge is 0.376 e. The lowest BCUT2D eigenvalue weighted by molar-refractivity contribution is 1.18. The van der Waals surface area contributed by atoms with Crippen LogP contribution in [0.5, 0.6) is 0 Å². The van der Waals surface area contributed by atoms with Crippen LogP contribution in [0.25, 0.3) is 11.3 Å². The summed E-state index contributed by atoms with van der Waals surface area (Å²) in [6, 6.07) is 9.95. The molecule has 0 spiro atoms. The Morgan fingerprint density at radius 3 is 2.59 bits per heavy atom. The molecule has 0 fully saturated rings. The van der Waals surface area contributed by atoms with E-state index in [0.717, 1.165) is 11.3 Å². The standard InChI is InChI=1S/C12H12N4S/c1-8-2-4-9(5-3-8)10-6-7-14-12(15-10)16-11(13)17/h2-7H,1H3,(H3,13,14,15,16,17).